The third-order valence-corrected chi connectivity index (χ3v) is 4.25. The van der Waals surface area contributed by atoms with Crippen LogP contribution in [0.25, 0.3) is 0 Å². The van der Waals surface area contributed by atoms with Crippen LogP contribution in [0.4, 0.5) is 15.8 Å². The van der Waals surface area contributed by atoms with Crippen molar-refractivity contribution >= 4 is 28.1 Å². The lowest BCUT2D eigenvalue weighted by molar-refractivity contribution is -0.113. The number of amides is 1. The molecule has 6 heteroatoms. The molecule has 4 nitrogen and oxygen atoms in total. The van der Waals surface area contributed by atoms with E-state index in [0.717, 1.165) is 6.42 Å². The second-order valence-corrected chi connectivity index (χ2v) is 6.05. The van der Waals surface area contributed by atoms with Gasteiger partial charge in [-0.25, -0.2) is 4.39 Å². The maximum absolute atomic E-state index is 13.4. The highest BCUT2D eigenvalue weighted by molar-refractivity contribution is 7.85. The van der Waals surface area contributed by atoms with Crippen LogP contribution in [0.2, 0.25) is 0 Å². The SMILES string of the molecule is CCC(C)CS(=O)CC(=O)Nc1cc(N)ccc1F. The Morgan fingerprint density at radius 3 is 2.84 bits per heavy atom. The zero-order chi connectivity index (χ0) is 14.4. The number of carbonyl (C=O) groups excluding carboxylic acids is 1. The topological polar surface area (TPSA) is 72.2 Å². The average molecular weight is 286 g/mol. The molecular formula is C13H19FN2O2S. The van der Waals surface area contributed by atoms with E-state index in [2.05, 4.69) is 5.32 Å². The number of hydrogen-bond donors (Lipinski definition) is 2. The molecule has 106 valence electrons. The van der Waals surface area contributed by atoms with E-state index in [9.17, 15) is 13.4 Å². The molecule has 0 fully saturated rings. The molecule has 0 saturated heterocycles. The van der Waals surface area contributed by atoms with Gasteiger partial charge in [0, 0.05) is 22.2 Å². The minimum absolute atomic E-state index is 0.0190. The third-order valence-electron chi connectivity index (χ3n) is 2.72. The molecule has 0 saturated carbocycles. The van der Waals surface area contributed by atoms with Crippen molar-refractivity contribution < 1.29 is 13.4 Å². The van der Waals surface area contributed by atoms with Crippen LogP contribution in [0, 0.1) is 11.7 Å². The van der Waals surface area contributed by atoms with E-state index in [0.29, 0.717) is 17.4 Å². The second-order valence-electron chi connectivity index (χ2n) is 4.55. The molecule has 0 bridgehead atoms. The maximum Gasteiger partial charge on any atom is 0.237 e. The normalized spacial score (nSPS) is 13.8. The van der Waals surface area contributed by atoms with Gasteiger partial charge in [-0.15, -0.1) is 0 Å². The van der Waals surface area contributed by atoms with Crippen LogP contribution in [0.5, 0.6) is 0 Å². The molecule has 0 radical (unpaired) electrons. The number of anilines is 2. The van der Waals surface area contributed by atoms with Gasteiger partial charge in [-0.3, -0.25) is 9.00 Å². The molecule has 3 N–H and O–H groups in total. The van der Waals surface area contributed by atoms with Crippen molar-refractivity contribution in [3.8, 4) is 0 Å². The van der Waals surface area contributed by atoms with Gasteiger partial charge in [0.25, 0.3) is 0 Å². The number of hydrogen-bond acceptors (Lipinski definition) is 3. The molecule has 0 spiro atoms. The van der Waals surface area contributed by atoms with Gasteiger partial charge < -0.3 is 11.1 Å². The van der Waals surface area contributed by atoms with Crippen LogP contribution in [0.3, 0.4) is 0 Å². The Hall–Kier alpha value is -1.43. The first-order valence-corrected chi connectivity index (χ1v) is 7.61. The molecule has 0 aliphatic rings. The van der Waals surface area contributed by atoms with Crippen LogP contribution in [0.15, 0.2) is 18.2 Å². The Bertz CT molecular complexity index is 480. The molecule has 1 amide bonds. The van der Waals surface area contributed by atoms with E-state index < -0.39 is 22.5 Å². The molecule has 0 heterocycles. The van der Waals surface area contributed by atoms with E-state index >= 15 is 0 Å². The minimum atomic E-state index is -1.23. The van der Waals surface area contributed by atoms with Crippen LogP contribution < -0.4 is 11.1 Å². The summed E-state index contributed by atoms with van der Waals surface area (Å²) in [7, 11) is -1.23. The standard InChI is InChI=1S/C13H19FN2O2S/c1-3-9(2)7-19(18)8-13(17)16-12-6-10(15)4-5-11(12)14/h4-6,9H,3,7-8,15H2,1-2H3,(H,16,17). The number of benzene rings is 1. The molecule has 1 aromatic carbocycles. The fourth-order valence-electron chi connectivity index (χ4n) is 1.47. The smallest absolute Gasteiger partial charge is 0.237 e. The number of rotatable bonds is 6. The van der Waals surface area contributed by atoms with Gasteiger partial charge in [-0.1, -0.05) is 20.3 Å². The summed E-state index contributed by atoms with van der Waals surface area (Å²) in [4.78, 5) is 11.6. The monoisotopic (exact) mass is 286 g/mol. The van der Waals surface area contributed by atoms with Gasteiger partial charge in [-0.2, -0.15) is 0 Å². The van der Waals surface area contributed by atoms with E-state index in [1.54, 1.807) is 0 Å². The van der Waals surface area contributed by atoms with E-state index in [1.165, 1.54) is 18.2 Å². The largest absolute Gasteiger partial charge is 0.399 e. The van der Waals surface area contributed by atoms with Crippen molar-refractivity contribution in [3.05, 3.63) is 24.0 Å². The summed E-state index contributed by atoms with van der Waals surface area (Å²) in [5.41, 5.74) is 5.89. The quantitative estimate of drug-likeness (QED) is 0.787. The van der Waals surface area contributed by atoms with Crippen molar-refractivity contribution in [2.45, 2.75) is 20.3 Å². The van der Waals surface area contributed by atoms with Crippen LogP contribution in [-0.4, -0.2) is 21.6 Å². The number of nitrogens with two attached hydrogens (primary N) is 1. The van der Waals surface area contributed by atoms with Gasteiger partial charge in [0.15, 0.2) is 0 Å². The van der Waals surface area contributed by atoms with Gasteiger partial charge in [0.1, 0.15) is 11.6 Å². The molecule has 19 heavy (non-hydrogen) atoms. The van der Waals surface area contributed by atoms with E-state index in [1.807, 2.05) is 13.8 Å². The first kappa shape index (κ1) is 15.6. The van der Waals surface area contributed by atoms with Gasteiger partial charge >= 0.3 is 0 Å². The summed E-state index contributed by atoms with van der Waals surface area (Å²) >= 11 is 0. The molecule has 2 atom stereocenters. The fourth-order valence-corrected chi connectivity index (χ4v) is 2.82. The number of halogens is 1. The molecular weight excluding hydrogens is 267 g/mol. The van der Waals surface area contributed by atoms with Crippen molar-refractivity contribution in [1.82, 2.24) is 0 Å². The molecule has 1 rings (SSSR count). The molecule has 1 aromatic rings. The first-order valence-electron chi connectivity index (χ1n) is 6.12. The van der Waals surface area contributed by atoms with E-state index in [-0.39, 0.29) is 11.4 Å². The van der Waals surface area contributed by atoms with Gasteiger partial charge in [0.05, 0.1) is 5.69 Å². The Kier molecular flexibility index (Phi) is 5.95. The van der Waals surface area contributed by atoms with Crippen LogP contribution in [0.1, 0.15) is 20.3 Å². The number of carbonyl (C=O) groups is 1. The predicted molar refractivity (Wildman–Crippen MR) is 76.8 cm³/mol. The molecule has 0 aliphatic heterocycles. The third kappa shape index (κ3) is 5.38. The highest BCUT2D eigenvalue weighted by atomic mass is 32.2. The summed E-state index contributed by atoms with van der Waals surface area (Å²) in [6.45, 7) is 3.98. The lowest BCUT2D eigenvalue weighted by Gasteiger charge is -2.09. The summed E-state index contributed by atoms with van der Waals surface area (Å²) in [6, 6.07) is 3.93. The maximum atomic E-state index is 13.4. The highest BCUT2D eigenvalue weighted by Gasteiger charge is 2.13. The van der Waals surface area contributed by atoms with Crippen molar-refractivity contribution in [3.63, 3.8) is 0 Å². The summed E-state index contributed by atoms with van der Waals surface area (Å²) in [5, 5.41) is 2.39. The molecule has 2 unspecified atom stereocenters. The zero-order valence-corrected chi connectivity index (χ0v) is 11.9. The number of nitrogens with one attached hydrogen (secondary N) is 1. The zero-order valence-electron chi connectivity index (χ0n) is 11.1. The fraction of sp³-hybridized carbons (Fsp3) is 0.462. The minimum Gasteiger partial charge on any atom is -0.399 e. The molecule has 0 aliphatic carbocycles. The Morgan fingerprint density at radius 1 is 1.53 bits per heavy atom. The lowest BCUT2D eigenvalue weighted by atomic mass is 10.2. The van der Waals surface area contributed by atoms with Crippen molar-refractivity contribution in [2.75, 3.05) is 22.6 Å². The second kappa shape index (κ2) is 7.23. The number of nitrogen functional groups attached to an aromatic ring is 1. The van der Waals surface area contributed by atoms with Gasteiger partial charge in [-0.05, 0) is 24.1 Å². The Balaban J connectivity index is 2.55. The summed E-state index contributed by atoms with van der Waals surface area (Å²) < 4.78 is 25.1. The summed E-state index contributed by atoms with van der Waals surface area (Å²) in [5.74, 6) is -0.374. The Labute approximate surface area is 115 Å². The van der Waals surface area contributed by atoms with Crippen LogP contribution >= 0.6 is 0 Å². The summed E-state index contributed by atoms with van der Waals surface area (Å²) in [6.07, 6.45) is 0.914. The molecule has 0 aromatic heterocycles. The van der Waals surface area contributed by atoms with Crippen molar-refractivity contribution in [1.29, 1.82) is 0 Å². The average Bonchev–Trinajstić information content (AvgIpc) is 2.33. The van der Waals surface area contributed by atoms with Crippen molar-refractivity contribution in [2.24, 2.45) is 5.92 Å². The lowest BCUT2D eigenvalue weighted by Crippen LogP contribution is -2.23. The van der Waals surface area contributed by atoms with Crippen LogP contribution in [-0.2, 0) is 15.6 Å². The first-order chi connectivity index (χ1) is 8.92. The highest BCUT2D eigenvalue weighted by Crippen LogP contribution is 2.17. The van der Waals surface area contributed by atoms with E-state index in [4.69, 9.17) is 5.73 Å². The Morgan fingerprint density at radius 2 is 2.21 bits per heavy atom. The van der Waals surface area contributed by atoms with Gasteiger partial charge in [0.2, 0.25) is 5.91 Å². The predicted octanol–water partition coefficient (Wildman–Crippen LogP) is 2.14.